The Kier molecular flexibility index (Phi) is 6.46. The molecule has 3 aromatic rings. The number of nitrogens with one attached hydrogen (secondary N) is 1. The number of methoxy groups -OCH3 is 1. The summed E-state index contributed by atoms with van der Waals surface area (Å²) in [6, 6.07) is 12.1. The quantitative estimate of drug-likeness (QED) is 0.594. The molecule has 0 aliphatic rings. The van der Waals surface area contributed by atoms with Gasteiger partial charge < -0.3 is 4.74 Å². The monoisotopic (exact) mass is 453 g/mol. The summed E-state index contributed by atoms with van der Waals surface area (Å²) in [7, 11) is -2.90. The first-order chi connectivity index (χ1) is 14.6. The van der Waals surface area contributed by atoms with Crippen molar-refractivity contribution in [2.45, 2.75) is 17.6 Å². The van der Waals surface area contributed by atoms with E-state index in [4.69, 9.17) is 4.74 Å². The van der Waals surface area contributed by atoms with Gasteiger partial charge in [-0.05, 0) is 36.4 Å². The van der Waals surface area contributed by atoms with Crippen LogP contribution in [-0.2, 0) is 22.7 Å². The van der Waals surface area contributed by atoms with Gasteiger partial charge in [0, 0.05) is 24.7 Å². The zero-order valence-corrected chi connectivity index (χ0v) is 17.1. The van der Waals surface area contributed by atoms with Crippen LogP contribution in [0.1, 0.15) is 5.56 Å². The lowest BCUT2D eigenvalue weighted by molar-refractivity contribution is -0.139. The van der Waals surface area contributed by atoms with Crippen LogP contribution in [0.15, 0.2) is 70.6 Å². The number of halogens is 3. The Morgan fingerprint density at radius 1 is 1.10 bits per heavy atom. The second kappa shape index (κ2) is 8.90. The highest BCUT2D eigenvalue weighted by molar-refractivity contribution is 7.89. The van der Waals surface area contributed by atoms with Gasteiger partial charge in [0.15, 0.2) is 0 Å². The van der Waals surface area contributed by atoms with Gasteiger partial charge in [-0.25, -0.2) is 18.1 Å². The number of alkyl halides is 3. The maximum Gasteiger partial charge on any atom is 0.417 e. The molecular formula is C20H18F3N3O4S. The van der Waals surface area contributed by atoms with Crippen LogP contribution < -0.4 is 15.0 Å². The Bertz CT molecular complexity index is 1220. The molecule has 0 aliphatic heterocycles. The smallest absolute Gasteiger partial charge is 0.417 e. The largest absolute Gasteiger partial charge is 0.497 e. The van der Waals surface area contributed by atoms with E-state index in [1.165, 1.54) is 25.6 Å². The number of nitrogens with zero attached hydrogens (tertiary/aromatic N) is 2. The maximum absolute atomic E-state index is 13.1. The lowest BCUT2D eigenvalue weighted by atomic mass is 10.1. The summed E-state index contributed by atoms with van der Waals surface area (Å²) in [5.41, 5.74) is -0.584. The van der Waals surface area contributed by atoms with Crippen LogP contribution in [0.25, 0.3) is 11.3 Å². The summed E-state index contributed by atoms with van der Waals surface area (Å²) in [6.45, 7) is -0.403. The first-order valence-corrected chi connectivity index (χ1v) is 10.5. The molecule has 0 bridgehead atoms. The van der Waals surface area contributed by atoms with Crippen molar-refractivity contribution in [1.82, 2.24) is 14.3 Å². The molecule has 1 aromatic heterocycles. The third kappa shape index (κ3) is 5.30. The fourth-order valence-corrected chi connectivity index (χ4v) is 4.07. The molecule has 0 unspecified atom stereocenters. The van der Waals surface area contributed by atoms with E-state index in [1.807, 2.05) is 0 Å². The minimum atomic E-state index is -4.82. The van der Waals surface area contributed by atoms with Crippen LogP contribution in [0, 0.1) is 0 Å². The second-order valence-electron chi connectivity index (χ2n) is 6.43. The van der Waals surface area contributed by atoms with Crippen molar-refractivity contribution >= 4 is 10.0 Å². The Morgan fingerprint density at radius 2 is 1.77 bits per heavy atom. The Labute approximate surface area is 176 Å². The van der Waals surface area contributed by atoms with E-state index in [-0.39, 0.29) is 13.1 Å². The van der Waals surface area contributed by atoms with Gasteiger partial charge in [-0.3, -0.25) is 9.36 Å². The van der Waals surface area contributed by atoms with Crippen molar-refractivity contribution in [1.29, 1.82) is 0 Å². The molecule has 1 N–H and O–H groups in total. The number of rotatable bonds is 7. The van der Waals surface area contributed by atoms with Crippen molar-refractivity contribution in [2.75, 3.05) is 13.7 Å². The summed E-state index contributed by atoms with van der Waals surface area (Å²) in [4.78, 5) is 15.6. The number of hydrogen-bond donors (Lipinski definition) is 1. The first kappa shape index (κ1) is 22.5. The predicted octanol–water partition coefficient (Wildman–Crippen LogP) is 2.92. The van der Waals surface area contributed by atoms with E-state index >= 15 is 0 Å². The fourth-order valence-electron chi connectivity index (χ4n) is 2.83. The molecule has 0 amide bonds. The summed E-state index contributed by atoms with van der Waals surface area (Å²) in [5.74, 6) is 0.650. The Hall–Kier alpha value is -3.18. The fraction of sp³-hybridized carbons (Fsp3) is 0.200. The van der Waals surface area contributed by atoms with Crippen LogP contribution in [0.4, 0.5) is 13.2 Å². The molecule has 31 heavy (non-hydrogen) atoms. The topological polar surface area (TPSA) is 90.3 Å². The molecule has 0 saturated heterocycles. The molecule has 0 radical (unpaired) electrons. The minimum Gasteiger partial charge on any atom is -0.497 e. The molecule has 3 rings (SSSR count). The van der Waals surface area contributed by atoms with Gasteiger partial charge in [-0.15, -0.1) is 0 Å². The number of hydrogen-bond acceptors (Lipinski definition) is 5. The predicted molar refractivity (Wildman–Crippen MR) is 107 cm³/mol. The zero-order chi connectivity index (χ0) is 22.6. The van der Waals surface area contributed by atoms with Crippen LogP contribution in [0.5, 0.6) is 5.75 Å². The van der Waals surface area contributed by atoms with E-state index in [9.17, 15) is 26.4 Å². The van der Waals surface area contributed by atoms with Gasteiger partial charge in [0.2, 0.25) is 10.0 Å². The molecule has 0 fully saturated rings. The number of aromatic nitrogens is 2. The first-order valence-electron chi connectivity index (χ1n) is 8.98. The lowest BCUT2D eigenvalue weighted by Gasteiger charge is -2.14. The average Bonchev–Trinajstić information content (AvgIpc) is 2.74. The molecule has 0 spiro atoms. The van der Waals surface area contributed by atoms with Crippen molar-refractivity contribution < 1.29 is 26.3 Å². The van der Waals surface area contributed by atoms with Gasteiger partial charge in [0.05, 0.1) is 29.6 Å². The van der Waals surface area contributed by atoms with E-state index in [0.717, 1.165) is 16.7 Å². The molecule has 7 nitrogen and oxygen atoms in total. The normalized spacial score (nSPS) is 12.0. The third-order valence-corrected chi connectivity index (χ3v) is 5.91. The highest BCUT2D eigenvalue weighted by Gasteiger charge is 2.36. The zero-order valence-electron chi connectivity index (χ0n) is 16.3. The lowest BCUT2D eigenvalue weighted by Crippen LogP contribution is -2.32. The summed E-state index contributed by atoms with van der Waals surface area (Å²) < 4.78 is 72.3. The molecule has 0 atom stereocenters. The highest BCUT2D eigenvalue weighted by Crippen LogP contribution is 2.33. The minimum absolute atomic E-state index is 0.109. The number of sulfonamides is 1. The average molecular weight is 453 g/mol. The van der Waals surface area contributed by atoms with Crippen molar-refractivity contribution in [3.05, 3.63) is 76.8 Å². The van der Waals surface area contributed by atoms with Crippen molar-refractivity contribution in [3.63, 3.8) is 0 Å². The molecule has 1 heterocycles. The van der Waals surface area contributed by atoms with Gasteiger partial charge >= 0.3 is 6.18 Å². The van der Waals surface area contributed by atoms with E-state index in [1.54, 1.807) is 24.3 Å². The van der Waals surface area contributed by atoms with Crippen LogP contribution >= 0.6 is 0 Å². The molecule has 11 heteroatoms. The van der Waals surface area contributed by atoms with Gasteiger partial charge in [0.25, 0.3) is 5.56 Å². The second-order valence-corrected chi connectivity index (χ2v) is 8.16. The van der Waals surface area contributed by atoms with Gasteiger partial charge in [-0.1, -0.05) is 12.1 Å². The number of ether oxygens (including phenoxy) is 1. The summed E-state index contributed by atoms with van der Waals surface area (Å²) in [5, 5.41) is 0. The highest BCUT2D eigenvalue weighted by atomic mass is 32.2. The molecular weight excluding hydrogens is 435 g/mol. The number of benzene rings is 2. The SMILES string of the molecule is COc1ccc(-c2cc(=O)n(CCNS(=O)(=O)c3ccccc3C(F)(F)F)cn2)cc1. The van der Waals surface area contributed by atoms with E-state index < -0.39 is 32.2 Å². The van der Waals surface area contributed by atoms with E-state index in [2.05, 4.69) is 9.71 Å². The third-order valence-electron chi connectivity index (χ3n) is 4.39. The Balaban J connectivity index is 1.71. The molecule has 2 aromatic carbocycles. The molecule has 164 valence electrons. The van der Waals surface area contributed by atoms with Crippen molar-refractivity contribution in [2.24, 2.45) is 0 Å². The Morgan fingerprint density at radius 3 is 2.39 bits per heavy atom. The van der Waals surface area contributed by atoms with Crippen LogP contribution in [0.3, 0.4) is 0 Å². The summed E-state index contributed by atoms with van der Waals surface area (Å²) in [6.07, 6.45) is -3.57. The van der Waals surface area contributed by atoms with Crippen molar-refractivity contribution in [3.8, 4) is 17.0 Å². The van der Waals surface area contributed by atoms with Crippen LogP contribution in [0.2, 0.25) is 0 Å². The van der Waals surface area contributed by atoms with E-state index in [0.29, 0.717) is 23.1 Å². The summed E-state index contributed by atoms with van der Waals surface area (Å²) >= 11 is 0. The standard InChI is InChI=1S/C20H18F3N3O4S/c1-30-15-8-6-14(7-9-15)17-12-19(27)26(13-24-17)11-10-25-31(28,29)18-5-3-2-4-16(18)20(21,22)23/h2-9,12-13,25H,10-11H2,1H3. The molecule has 0 saturated carbocycles. The molecule has 0 aliphatic carbocycles. The van der Waals surface area contributed by atoms with Gasteiger partial charge in [0.1, 0.15) is 5.75 Å². The van der Waals surface area contributed by atoms with Crippen LogP contribution in [-0.4, -0.2) is 31.6 Å². The van der Waals surface area contributed by atoms with Gasteiger partial charge in [-0.2, -0.15) is 13.2 Å². The maximum atomic E-state index is 13.1.